The molecule has 15 heavy (non-hydrogen) atoms. The van der Waals surface area contributed by atoms with Gasteiger partial charge in [-0.05, 0) is 39.0 Å². The first kappa shape index (κ1) is 12.0. The highest BCUT2D eigenvalue weighted by Gasteiger charge is 1.97. The molecule has 1 aromatic heterocycles. The summed E-state index contributed by atoms with van der Waals surface area (Å²) in [6.07, 6.45) is 7.32. The molecule has 0 saturated heterocycles. The molecule has 1 N–H and O–H groups in total. The summed E-state index contributed by atoms with van der Waals surface area (Å²) in [7, 11) is 0. The van der Waals surface area contributed by atoms with E-state index in [0.29, 0.717) is 6.04 Å². The average Bonchev–Trinajstić information content (AvgIpc) is 2.70. The highest BCUT2D eigenvalue weighted by atomic mass is 15.3. The minimum atomic E-state index is 0.421. The van der Waals surface area contributed by atoms with Crippen molar-refractivity contribution in [3.63, 3.8) is 0 Å². The lowest BCUT2D eigenvalue weighted by Gasteiger charge is -2.07. The lowest BCUT2D eigenvalue weighted by molar-refractivity contribution is 0.623. The lowest BCUT2D eigenvalue weighted by Crippen LogP contribution is -2.24. The van der Waals surface area contributed by atoms with Crippen LogP contribution >= 0.6 is 0 Å². The predicted octanol–water partition coefficient (Wildman–Crippen LogP) is 2.30. The number of nitrogens with zero attached hydrogens (tertiary/aromatic N) is 2. The number of hydrogen-bond acceptors (Lipinski definition) is 2. The van der Waals surface area contributed by atoms with Crippen LogP contribution in [0, 0.1) is 0 Å². The predicted molar refractivity (Wildman–Crippen MR) is 64.7 cm³/mol. The first-order valence-corrected chi connectivity index (χ1v) is 5.71. The lowest BCUT2D eigenvalue weighted by atomic mass is 10.2. The first-order valence-electron chi connectivity index (χ1n) is 5.71. The third-order valence-electron chi connectivity index (χ3n) is 2.32. The van der Waals surface area contributed by atoms with Crippen molar-refractivity contribution in [1.82, 2.24) is 15.1 Å². The van der Waals surface area contributed by atoms with Crippen LogP contribution < -0.4 is 5.32 Å². The Labute approximate surface area is 92.2 Å². The zero-order chi connectivity index (χ0) is 11.1. The Kier molecular flexibility index (Phi) is 5.12. The quantitative estimate of drug-likeness (QED) is 0.775. The highest BCUT2D eigenvalue weighted by molar-refractivity contribution is 5.45. The molecule has 0 spiro atoms. The average molecular weight is 207 g/mol. The molecule has 0 bridgehead atoms. The summed E-state index contributed by atoms with van der Waals surface area (Å²) in [4.78, 5) is 0. The fourth-order valence-corrected chi connectivity index (χ4v) is 1.43. The number of aryl methyl sites for hydroxylation is 1. The maximum atomic E-state index is 4.22. The van der Waals surface area contributed by atoms with Crippen LogP contribution in [-0.4, -0.2) is 22.4 Å². The van der Waals surface area contributed by atoms with Gasteiger partial charge >= 0.3 is 0 Å². The summed E-state index contributed by atoms with van der Waals surface area (Å²) >= 11 is 0. The van der Waals surface area contributed by atoms with E-state index in [1.807, 2.05) is 16.9 Å². The van der Waals surface area contributed by atoms with Gasteiger partial charge in [0.15, 0.2) is 0 Å². The molecule has 0 aliphatic heterocycles. The van der Waals surface area contributed by atoms with Crippen molar-refractivity contribution in [1.29, 1.82) is 0 Å². The van der Waals surface area contributed by atoms with E-state index in [2.05, 4.69) is 43.3 Å². The van der Waals surface area contributed by atoms with Gasteiger partial charge in [-0.3, -0.25) is 4.68 Å². The Morgan fingerprint density at radius 2 is 2.33 bits per heavy atom. The van der Waals surface area contributed by atoms with Crippen molar-refractivity contribution in [3.05, 3.63) is 24.0 Å². The molecule has 0 aromatic carbocycles. The van der Waals surface area contributed by atoms with Crippen molar-refractivity contribution < 1.29 is 0 Å². The van der Waals surface area contributed by atoms with Crippen LogP contribution in [-0.2, 0) is 6.54 Å². The Balaban J connectivity index is 2.49. The van der Waals surface area contributed by atoms with E-state index in [-0.39, 0.29) is 0 Å². The summed E-state index contributed by atoms with van der Waals surface area (Å²) in [6, 6.07) is 2.46. The molecule has 0 amide bonds. The smallest absolute Gasteiger partial charge is 0.0607 e. The third-order valence-corrected chi connectivity index (χ3v) is 2.32. The highest BCUT2D eigenvalue weighted by Crippen LogP contribution is 2.02. The molecule has 3 heteroatoms. The fraction of sp³-hybridized carbons (Fsp3) is 0.583. The van der Waals surface area contributed by atoms with E-state index in [1.165, 1.54) is 12.1 Å². The molecule has 0 aliphatic carbocycles. The fourth-order valence-electron chi connectivity index (χ4n) is 1.43. The molecule has 0 radical (unpaired) electrons. The Hall–Kier alpha value is -1.09. The largest absolute Gasteiger partial charge is 0.311 e. The topological polar surface area (TPSA) is 29.9 Å². The van der Waals surface area contributed by atoms with Gasteiger partial charge in [0, 0.05) is 18.8 Å². The Bertz CT molecular complexity index is 302. The monoisotopic (exact) mass is 207 g/mol. The van der Waals surface area contributed by atoms with Gasteiger partial charge in [-0.2, -0.15) is 5.10 Å². The Morgan fingerprint density at radius 1 is 1.53 bits per heavy atom. The standard InChI is InChI=1S/C12H21N3/c1-4-9-13-11(3)6-7-12-8-10-14-15(12)5-2/h6-8,10-11,13H,4-5,9H2,1-3H3/b7-6+. The minimum Gasteiger partial charge on any atom is -0.311 e. The van der Waals surface area contributed by atoms with Gasteiger partial charge in [0.2, 0.25) is 0 Å². The molecule has 1 atom stereocenters. The van der Waals surface area contributed by atoms with Gasteiger partial charge in [-0.25, -0.2) is 0 Å². The van der Waals surface area contributed by atoms with Gasteiger partial charge in [0.25, 0.3) is 0 Å². The van der Waals surface area contributed by atoms with Crippen LogP contribution in [0.25, 0.3) is 6.08 Å². The van der Waals surface area contributed by atoms with Crippen LogP contribution in [0.4, 0.5) is 0 Å². The van der Waals surface area contributed by atoms with Crippen LogP contribution in [0.3, 0.4) is 0 Å². The maximum Gasteiger partial charge on any atom is 0.0607 e. The second-order valence-corrected chi connectivity index (χ2v) is 3.67. The summed E-state index contributed by atoms with van der Waals surface area (Å²) in [5, 5.41) is 7.64. The van der Waals surface area contributed by atoms with Crippen molar-refractivity contribution in [3.8, 4) is 0 Å². The first-order chi connectivity index (χ1) is 7.27. The minimum absolute atomic E-state index is 0.421. The summed E-state index contributed by atoms with van der Waals surface area (Å²) < 4.78 is 1.99. The van der Waals surface area contributed by atoms with Crippen molar-refractivity contribution in [2.75, 3.05) is 6.54 Å². The Morgan fingerprint density at radius 3 is 3.00 bits per heavy atom. The van der Waals surface area contributed by atoms with E-state index in [1.54, 1.807) is 0 Å². The number of hydrogen-bond donors (Lipinski definition) is 1. The molecule has 0 fully saturated rings. The van der Waals surface area contributed by atoms with Crippen molar-refractivity contribution in [2.24, 2.45) is 0 Å². The van der Waals surface area contributed by atoms with E-state index >= 15 is 0 Å². The van der Waals surface area contributed by atoms with Crippen LogP contribution in [0.5, 0.6) is 0 Å². The maximum absolute atomic E-state index is 4.22. The number of nitrogens with one attached hydrogen (secondary N) is 1. The van der Waals surface area contributed by atoms with E-state index in [9.17, 15) is 0 Å². The van der Waals surface area contributed by atoms with Gasteiger partial charge in [0.05, 0.1) is 5.69 Å². The number of aromatic nitrogens is 2. The SMILES string of the molecule is CCCNC(C)/C=C/c1ccnn1CC. The van der Waals surface area contributed by atoms with E-state index < -0.39 is 0 Å². The summed E-state index contributed by atoms with van der Waals surface area (Å²) in [5.74, 6) is 0. The molecule has 1 aromatic rings. The normalized spacial score (nSPS) is 13.5. The van der Waals surface area contributed by atoms with E-state index in [4.69, 9.17) is 0 Å². The van der Waals surface area contributed by atoms with Crippen LogP contribution in [0.1, 0.15) is 32.9 Å². The molecule has 0 aliphatic rings. The van der Waals surface area contributed by atoms with Gasteiger partial charge in [0.1, 0.15) is 0 Å². The van der Waals surface area contributed by atoms with Crippen LogP contribution in [0.2, 0.25) is 0 Å². The second kappa shape index (κ2) is 6.40. The van der Waals surface area contributed by atoms with Gasteiger partial charge in [-0.1, -0.05) is 13.0 Å². The third kappa shape index (κ3) is 3.88. The van der Waals surface area contributed by atoms with Crippen molar-refractivity contribution >= 4 is 6.08 Å². The molecule has 84 valence electrons. The molecule has 3 nitrogen and oxygen atoms in total. The molecule has 1 unspecified atom stereocenters. The summed E-state index contributed by atoms with van der Waals surface area (Å²) in [5.41, 5.74) is 1.17. The van der Waals surface area contributed by atoms with Crippen LogP contribution in [0.15, 0.2) is 18.3 Å². The van der Waals surface area contributed by atoms with E-state index in [0.717, 1.165) is 13.1 Å². The van der Waals surface area contributed by atoms with Gasteiger partial charge in [-0.15, -0.1) is 0 Å². The van der Waals surface area contributed by atoms with Crippen molar-refractivity contribution in [2.45, 2.75) is 39.8 Å². The molecule has 0 saturated carbocycles. The molecular formula is C12H21N3. The zero-order valence-corrected chi connectivity index (χ0v) is 9.90. The molecule has 1 heterocycles. The second-order valence-electron chi connectivity index (χ2n) is 3.67. The number of rotatable bonds is 6. The molecular weight excluding hydrogens is 186 g/mol. The van der Waals surface area contributed by atoms with Gasteiger partial charge < -0.3 is 5.32 Å². The molecule has 1 rings (SSSR count). The summed E-state index contributed by atoms with van der Waals surface area (Å²) in [6.45, 7) is 8.43. The zero-order valence-electron chi connectivity index (χ0n) is 9.90.